The highest BCUT2D eigenvalue weighted by atomic mass is 28.3. The number of hydrogen-bond donors (Lipinski definition) is 1. The second-order valence-electron chi connectivity index (χ2n) is 10.1. The van der Waals surface area contributed by atoms with Gasteiger partial charge in [0.05, 0.1) is 20.4 Å². The first kappa shape index (κ1) is 28.6. The highest BCUT2D eigenvalue weighted by Crippen LogP contribution is 2.32. The number of Topliss-reactive ketones (excluding diaryl/α,β-unsaturated/α-hetero) is 1. The fourth-order valence-corrected chi connectivity index (χ4v) is 6.55. The number of benzene rings is 1. The highest BCUT2D eigenvalue weighted by molar-refractivity contribution is 6.89. The largest absolute Gasteiger partial charge is 0.481 e. The molecule has 1 N–H and O–H groups in total. The first-order chi connectivity index (χ1) is 17.5. The number of methoxy groups -OCH3 is 1. The van der Waals surface area contributed by atoms with E-state index in [-0.39, 0.29) is 54.7 Å². The first-order valence-corrected chi connectivity index (χ1v) is 15.7. The van der Waals surface area contributed by atoms with Gasteiger partial charge >= 0.3 is 5.97 Å². The van der Waals surface area contributed by atoms with Crippen molar-refractivity contribution in [2.45, 2.75) is 70.8 Å². The monoisotopic (exact) mass is 532 g/mol. The average molecular weight is 533 g/mol. The summed E-state index contributed by atoms with van der Waals surface area (Å²) < 4.78 is 35.2. The Morgan fingerprint density at radius 3 is 2.43 bits per heavy atom. The third-order valence-corrected chi connectivity index (χ3v) is 10.6. The van der Waals surface area contributed by atoms with Crippen molar-refractivity contribution < 1.29 is 33.0 Å². The third-order valence-electron chi connectivity index (χ3n) is 7.00. The molecule has 37 heavy (non-hydrogen) atoms. The van der Waals surface area contributed by atoms with Gasteiger partial charge in [-0.15, -0.1) is 0 Å². The van der Waals surface area contributed by atoms with Crippen LogP contribution in [-0.4, -0.2) is 54.4 Å². The van der Waals surface area contributed by atoms with Crippen LogP contribution in [0.3, 0.4) is 0 Å². The molecule has 3 rings (SSSR count). The summed E-state index contributed by atoms with van der Waals surface area (Å²) in [6.07, 6.45) is 0.147. The van der Waals surface area contributed by atoms with E-state index in [1.54, 1.807) is 19.2 Å². The molecule has 2 heterocycles. The molecule has 10 heteroatoms. The van der Waals surface area contributed by atoms with Gasteiger partial charge in [0.2, 0.25) is 5.91 Å². The highest BCUT2D eigenvalue weighted by Gasteiger charge is 2.37. The van der Waals surface area contributed by atoms with Crippen LogP contribution in [0.25, 0.3) is 0 Å². The Labute approximate surface area is 216 Å². The van der Waals surface area contributed by atoms with Gasteiger partial charge in [0.1, 0.15) is 17.7 Å². The van der Waals surface area contributed by atoms with E-state index in [0.717, 1.165) is 0 Å². The zero-order chi connectivity index (χ0) is 27.3. The molecule has 1 aliphatic rings. The quantitative estimate of drug-likeness (QED) is 0.441. The van der Waals surface area contributed by atoms with Gasteiger partial charge in [-0.05, 0) is 30.2 Å². The first-order valence-electron chi connectivity index (χ1n) is 12.5. The molecular formula is C27H34F2N2O5Si. The predicted molar refractivity (Wildman–Crippen MR) is 137 cm³/mol. The van der Waals surface area contributed by atoms with Gasteiger partial charge < -0.3 is 14.7 Å². The zero-order valence-electron chi connectivity index (χ0n) is 21.8. The molecule has 1 atom stereocenters. The van der Waals surface area contributed by atoms with Crippen LogP contribution >= 0.6 is 0 Å². The Hall–Kier alpha value is -2.98. The zero-order valence-corrected chi connectivity index (χ0v) is 22.8. The van der Waals surface area contributed by atoms with Crippen molar-refractivity contribution in [3.8, 4) is 0 Å². The van der Waals surface area contributed by atoms with Crippen molar-refractivity contribution in [1.29, 1.82) is 0 Å². The molecule has 0 unspecified atom stereocenters. The number of ketones is 1. The molecule has 1 amide bonds. The van der Waals surface area contributed by atoms with Gasteiger partial charge in [-0.2, -0.15) is 0 Å². The van der Waals surface area contributed by atoms with E-state index < -0.39 is 31.7 Å². The number of aliphatic carboxylic acids is 1. The standard InChI is InChI=1S/C27H34F2N2O5Si/c1-5-37(3,4)27-20(28)13-17(14-21(27)29)15-23(32)26-19-10-9-18(16-36-2)30-22(19)11-12-31(26)24(33)7-6-8-25(34)35/h9-10,13-14,26H,5-8,11-12,15-16H2,1-4H3,(H,34,35)/t26-/m1/s1. The lowest BCUT2D eigenvalue weighted by Gasteiger charge is -2.36. The molecule has 1 aromatic heterocycles. The van der Waals surface area contributed by atoms with Crippen LogP contribution in [0.15, 0.2) is 24.3 Å². The Bertz CT molecular complexity index is 1160. The van der Waals surface area contributed by atoms with Crippen LogP contribution in [0.1, 0.15) is 54.7 Å². The second kappa shape index (κ2) is 12.0. The van der Waals surface area contributed by atoms with Gasteiger partial charge in [-0.3, -0.25) is 19.4 Å². The maximum absolute atomic E-state index is 15.0. The van der Waals surface area contributed by atoms with Crippen molar-refractivity contribution >= 4 is 30.9 Å². The number of rotatable bonds is 11. The van der Waals surface area contributed by atoms with Crippen molar-refractivity contribution in [2.75, 3.05) is 13.7 Å². The fourth-order valence-electron chi connectivity index (χ4n) is 4.76. The molecule has 7 nitrogen and oxygen atoms in total. The van der Waals surface area contributed by atoms with E-state index in [1.807, 2.05) is 20.0 Å². The maximum Gasteiger partial charge on any atom is 0.303 e. The van der Waals surface area contributed by atoms with Crippen molar-refractivity contribution in [2.24, 2.45) is 0 Å². The number of nitrogens with zero attached hydrogens (tertiary/aromatic N) is 2. The lowest BCUT2D eigenvalue weighted by atomic mass is 9.90. The van der Waals surface area contributed by atoms with E-state index in [9.17, 15) is 14.4 Å². The molecular weight excluding hydrogens is 498 g/mol. The minimum Gasteiger partial charge on any atom is -0.481 e. The summed E-state index contributed by atoms with van der Waals surface area (Å²) >= 11 is 0. The number of aromatic nitrogens is 1. The fraction of sp³-hybridized carbons (Fsp3) is 0.481. The molecule has 0 saturated heterocycles. The van der Waals surface area contributed by atoms with Crippen molar-refractivity contribution in [3.63, 3.8) is 0 Å². The molecule has 0 radical (unpaired) electrons. The SMILES string of the molecule is CC[Si](C)(C)c1c(F)cc(CC(=O)[C@H]2c3ccc(COC)nc3CCN2C(=O)CCCC(=O)O)cc1F. The predicted octanol–water partition coefficient (Wildman–Crippen LogP) is 3.93. The van der Waals surface area contributed by atoms with Crippen LogP contribution in [0.2, 0.25) is 19.1 Å². The summed E-state index contributed by atoms with van der Waals surface area (Å²) in [6, 6.07) is 5.63. The molecule has 0 fully saturated rings. The summed E-state index contributed by atoms with van der Waals surface area (Å²) in [5.41, 5.74) is 2.14. The van der Waals surface area contributed by atoms with E-state index in [0.29, 0.717) is 36.0 Å². The molecule has 0 saturated carbocycles. The molecule has 0 bridgehead atoms. The lowest BCUT2D eigenvalue weighted by Crippen LogP contribution is -2.45. The summed E-state index contributed by atoms with van der Waals surface area (Å²) in [7, 11) is -0.738. The smallest absolute Gasteiger partial charge is 0.303 e. The second-order valence-corrected chi connectivity index (χ2v) is 15.0. The maximum atomic E-state index is 15.0. The number of amides is 1. The summed E-state index contributed by atoms with van der Waals surface area (Å²) in [6.45, 7) is 6.24. The van der Waals surface area contributed by atoms with Crippen LogP contribution in [-0.2, 0) is 38.6 Å². The molecule has 200 valence electrons. The minimum absolute atomic E-state index is 0.0186. The average Bonchev–Trinajstić information content (AvgIpc) is 2.82. The van der Waals surface area contributed by atoms with Crippen molar-refractivity contribution in [3.05, 3.63) is 58.4 Å². The van der Waals surface area contributed by atoms with E-state index in [2.05, 4.69) is 4.98 Å². The molecule has 1 aromatic carbocycles. The normalized spacial score (nSPS) is 15.4. The number of hydrogen-bond acceptors (Lipinski definition) is 5. The van der Waals surface area contributed by atoms with Gasteiger partial charge in [-0.25, -0.2) is 8.78 Å². The minimum atomic E-state index is -2.29. The molecule has 0 aliphatic carbocycles. The topological polar surface area (TPSA) is 96.8 Å². The number of ether oxygens (including phenoxy) is 1. The summed E-state index contributed by atoms with van der Waals surface area (Å²) in [4.78, 5) is 43.6. The summed E-state index contributed by atoms with van der Waals surface area (Å²) in [5, 5.41) is 9.04. The number of carboxylic acids is 1. The van der Waals surface area contributed by atoms with Crippen molar-refractivity contribution in [1.82, 2.24) is 9.88 Å². The van der Waals surface area contributed by atoms with Gasteiger partial charge in [-0.1, -0.05) is 32.1 Å². The Balaban J connectivity index is 1.94. The molecule has 1 aliphatic heterocycles. The lowest BCUT2D eigenvalue weighted by molar-refractivity contribution is -0.141. The Morgan fingerprint density at radius 2 is 1.84 bits per heavy atom. The van der Waals surface area contributed by atoms with Crippen LogP contribution in [0.5, 0.6) is 0 Å². The van der Waals surface area contributed by atoms with Gasteiger partial charge in [0.25, 0.3) is 0 Å². The number of carbonyl (C=O) groups is 3. The number of carboxylic acid groups (broad SMARTS) is 1. The third kappa shape index (κ3) is 6.67. The van der Waals surface area contributed by atoms with Gasteiger partial charge in [0.15, 0.2) is 5.78 Å². The van der Waals surface area contributed by atoms with Crippen LogP contribution in [0, 0.1) is 11.6 Å². The Morgan fingerprint density at radius 1 is 1.16 bits per heavy atom. The Kier molecular flexibility index (Phi) is 9.30. The van der Waals surface area contributed by atoms with E-state index in [1.165, 1.54) is 17.0 Å². The van der Waals surface area contributed by atoms with Gasteiger partial charge in [0, 0.05) is 55.8 Å². The molecule has 2 aromatic rings. The van der Waals surface area contributed by atoms with Crippen LogP contribution in [0.4, 0.5) is 8.78 Å². The number of fused-ring (bicyclic) bond motifs is 1. The van der Waals surface area contributed by atoms with E-state index >= 15 is 8.78 Å². The molecule has 0 spiro atoms. The van der Waals surface area contributed by atoms with E-state index in [4.69, 9.17) is 9.84 Å². The number of pyridine rings is 1. The number of carbonyl (C=O) groups excluding carboxylic acids is 2. The number of halogens is 2. The summed E-state index contributed by atoms with van der Waals surface area (Å²) in [5.74, 6) is -3.00. The van der Waals surface area contributed by atoms with Crippen LogP contribution < -0.4 is 5.19 Å².